The van der Waals surface area contributed by atoms with Gasteiger partial charge in [0.15, 0.2) is 0 Å². The largest absolute Gasteiger partial charge is 0.340 e. The molecule has 0 amide bonds. The van der Waals surface area contributed by atoms with Crippen molar-refractivity contribution in [2.45, 2.75) is 6.92 Å². The Balaban J connectivity index is 2.24. The first-order valence-electron chi connectivity index (χ1n) is 5.00. The van der Waals surface area contributed by atoms with Crippen LogP contribution >= 0.6 is 15.9 Å². The fourth-order valence-corrected chi connectivity index (χ4v) is 2.07. The number of anilines is 3. The average Bonchev–Trinajstić information content (AvgIpc) is 2.28. The van der Waals surface area contributed by atoms with Crippen LogP contribution in [0.15, 0.2) is 35.1 Å². The quantitative estimate of drug-likeness (QED) is 0.599. The summed E-state index contributed by atoms with van der Waals surface area (Å²) in [4.78, 5) is 8.05. The Hall–Kier alpha value is -1.66. The molecule has 0 aliphatic rings. The normalized spacial score (nSPS) is 10.1. The molecular formula is C11H12BrN5. The molecule has 1 heterocycles. The number of halogens is 1. The summed E-state index contributed by atoms with van der Waals surface area (Å²) in [5.74, 6) is 6.53. The zero-order chi connectivity index (χ0) is 12.3. The third kappa shape index (κ3) is 3.15. The number of hydrazine groups is 1. The highest BCUT2D eigenvalue weighted by molar-refractivity contribution is 9.10. The lowest BCUT2D eigenvalue weighted by Crippen LogP contribution is -2.09. The molecule has 2 rings (SSSR count). The van der Waals surface area contributed by atoms with Crippen LogP contribution in [0.5, 0.6) is 0 Å². The van der Waals surface area contributed by atoms with Crippen molar-refractivity contribution in [1.29, 1.82) is 0 Å². The zero-order valence-corrected chi connectivity index (χ0v) is 10.8. The lowest BCUT2D eigenvalue weighted by molar-refractivity contribution is 1.14. The van der Waals surface area contributed by atoms with Crippen molar-refractivity contribution >= 4 is 33.3 Å². The fourth-order valence-electron chi connectivity index (χ4n) is 1.46. The maximum absolute atomic E-state index is 5.28. The zero-order valence-electron chi connectivity index (χ0n) is 9.24. The van der Waals surface area contributed by atoms with Crippen LogP contribution in [0.4, 0.5) is 17.3 Å². The molecule has 1 aromatic heterocycles. The summed E-state index contributed by atoms with van der Waals surface area (Å²) in [5, 5.41) is 3.18. The van der Waals surface area contributed by atoms with Crippen molar-refractivity contribution in [1.82, 2.24) is 9.97 Å². The van der Waals surface area contributed by atoms with E-state index in [1.54, 1.807) is 6.07 Å². The van der Waals surface area contributed by atoms with Crippen LogP contribution in [-0.4, -0.2) is 9.97 Å². The van der Waals surface area contributed by atoms with Gasteiger partial charge in [-0.25, -0.2) is 15.8 Å². The Morgan fingerprint density at radius 2 is 1.88 bits per heavy atom. The number of nitrogen functional groups attached to an aromatic ring is 1. The Kier molecular flexibility index (Phi) is 3.55. The molecule has 0 bridgehead atoms. The van der Waals surface area contributed by atoms with E-state index in [0.29, 0.717) is 11.6 Å². The third-order valence-electron chi connectivity index (χ3n) is 2.13. The van der Waals surface area contributed by atoms with Gasteiger partial charge in [0, 0.05) is 16.2 Å². The molecule has 0 saturated carbocycles. The van der Waals surface area contributed by atoms with E-state index < -0.39 is 0 Å². The summed E-state index contributed by atoms with van der Waals surface area (Å²) >= 11 is 3.45. The SMILES string of the molecule is Cc1cc(Br)cc(Nc2cc(NN)ncn2)c1. The van der Waals surface area contributed by atoms with Crippen molar-refractivity contribution in [3.8, 4) is 0 Å². The minimum Gasteiger partial charge on any atom is -0.340 e. The van der Waals surface area contributed by atoms with Gasteiger partial charge in [-0.2, -0.15) is 0 Å². The van der Waals surface area contributed by atoms with Crippen LogP contribution in [0.25, 0.3) is 0 Å². The minimum absolute atomic E-state index is 0.564. The second-order valence-corrected chi connectivity index (χ2v) is 4.49. The molecule has 4 N–H and O–H groups in total. The van der Waals surface area contributed by atoms with E-state index in [1.165, 1.54) is 6.33 Å². The molecule has 1 aromatic carbocycles. The molecule has 0 atom stereocenters. The molecule has 0 spiro atoms. The number of hydrogen-bond donors (Lipinski definition) is 3. The van der Waals surface area contributed by atoms with Gasteiger partial charge in [-0.05, 0) is 30.7 Å². The summed E-state index contributed by atoms with van der Waals surface area (Å²) in [7, 11) is 0. The lowest BCUT2D eigenvalue weighted by Gasteiger charge is -2.08. The third-order valence-corrected chi connectivity index (χ3v) is 2.59. The van der Waals surface area contributed by atoms with E-state index in [9.17, 15) is 0 Å². The minimum atomic E-state index is 0.564. The highest BCUT2D eigenvalue weighted by Crippen LogP contribution is 2.22. The van der Waals surface area contributed by atoms with Crippen LogP contribution in [-0.2, 0) is 0 Å². The van der Waals surface area contributed by atoms with Crippen molar-refractivity contribution in [2.75, 3.05) is 10.7 Å². The fraction of sp³-hybridized carbons (Fsp3) is 0.0909. The number of rotatable bonds is 3. The molecule has 0 fully saturated rings. The maximum atomic E-state index is 5.28. The second kappa shape index (κ2) is 5.11. The summed E-state index contributed by atoms with van der Waals surface area (Å²) in [5.41, 5.74) is 4.59. The predicted octanol–water partition coefficient (Wildman–Crippen LogP) is 2.58. The van der Waals surface area contributed by atoms with E-state index in [2.05, 4.69) is 36.6 Å². The van der Waals surface area contributed by atoms with Gasteiger partial charge in [-0.1, -0.05) is 15.9 Å². The summed E-state index contributed by atoms with van der Waals surface area (Å²) in [6.45, 7) is 2.03. The number of aryl methyl sites for hydroxylation is 1. The number of nitrogens with zero attached hydrogens (tertiary/aromatic N) is 2. The van der Waals surface area contributed by atoms with Crippen LogP contribution < -0.4 is 16.6 Å². The maximum Gasteiger partial charge on any atom is 0.145 e. The van der Waals surface area contributed by atoms with Gasteiger partial charge in [-0.3, -0.25) is 0 Å². The first kappa shape index (κ1) is 11.8. The van der Waals surface area contributed by atoms with Crippen molar-refractivity contribution < 1.29 is 0 Å². The monoisotopic (exact) mass is 293 g/mol. The molecule has 17 heavy (non-hydrogen) atoms. The van der Waals surface area contributed by atoms with Crippen molar-refractivity contribution in [3.05, 3.63) is 40.6 Å². The first-order chi connectivity index (χ1) is 8.17. The highest BCUT2D eigenvalue weighted by Gasteiger charge is 2.00. The number of nitrogens with two attached hydrogens (primary N) is 1. The number of hydrogen-bond acceptors (Lipinski definition) is 5. The average molecular weight is 294 g/mol. The molecule has 0 unspecified atom stereocenters. The van der Waals surface area contributed by atoms with Gasteiger partial charge in [0.05, 0.1) is 0 Å². The van der Waals surface area contributed by atoms with Gasteiger partial charge in [0.25, 0.3) is 0 Å². The van der Waals surface area contributed by atoms with Gasteiger partial charge in [-0.15, -0.1) is 0 Å². The number of benzene rings is 1. The highest BCUT2D eigenvalue weighted by atomic mass is 79.9. The molecule has 5 nitrogen and oxygen atoms in total. The van der Waals surface area contributed by atoms with Crippen LogP contribution in [0.2, 0.25) is 0 Å². The lowest BCUT2D eigenvalue weighted by atomic mass is 10.2. The topological polar surface area (TPSA) is 75.9 Å². The predicted molar refractivity (Wildman–Crippen MR) is 72.0 cm³/mol. The van der Waals surface area contributed by atoms with Crippen molar-refractivity contribution in [2.24, 2.45) is 5.84 Å². The molecule has 6 heteroatoms. The second-order valence-electron chi connectivity index (χ2n) is 3.58. The van der Waals surface area contributed by atoms with E-state index in [4.69, 9.17) is 5.84 Å². The van der Waals surface area contributed by atoms with Crippen LogP contribution in [0, 0.1) is 6.92 Å². The Labute approximate surface area is 108 Å². The first-order valence-corrected chi connectivity index (χ1v) is 5.79. The number of aromatic nitrogens is 2. The molecular weight excluding hydrogens is 282 g/mol. The van der Waals surface area contributed by atoms with E-state index in [-0.39, 0.29) is 0 Å². The molecule has 0 radical (unpaired) electrons. The van der Waals surface area contributed by atoms with Crippen molar-refractivity contribution in [3.63, 3.8) is 0 Å². The number of nitrogens with one attached hydrogen (secondary N) is 2. The Bertz CT molecular complexity index is 509. The smallest absolute Gasteiger partial charge is 0.145 e. The molecule has 88 valence electrons. The van der Waals surface area contributed by atoms with Gasteiger partial charge in [0.1, 0.15) is 18.0 Å². The summed E-state index contributed by atoms with van der Waals surface area (Å²) in [6, 6.07) is 7.78. The molecule has 2 aromatic rings. The van der Waals surface area contributed by atoms with E-state index >= 15 is 0 Å². The summed E-state index contributed by atoms with van der Waals surface area (Å²) in [6.07, 6.45) is 1.45. The Morgan fingerprint density at radius 3 is 2.59 bits per heavy atom. The molecule has 0 aliphatic heterocycles. The van der Waals surface area contributed by atoms with Crippen LogP contribution in [0.3, 0.4) is 0 Å². The summed E-state index contributed by atoms with van der Waals surface area (Å²) < 4.78 is 1.02. The standard InChI is InChI=1S/C11H12BrN5/c1-7-2-8(12)4-9(3-7)16-10-5-11(17-13)15-6-14-10/h2-6H,13H2,1H3,(H2,14,15,16,17). The van der Waals surface area contributed by atoms with Gasteiger partial charge < -0.3 is 10.7 Å². The van der Waals surface area contributed by atoms with Gasteiger partial charge >= 0.3 is 0 Å². The van der Waals surface area contributed by atoms with Crippen LogP contribution in [0.1, 0.15) is 5.56 Å². The van der Waals surface area contributed by atoms with E-state index in [1.807, 2.05) is 25.1 Å². The van der Waals surface area contributed by atoms with E-state index in [0.717, 1.165) is 15.7 Å². The molecule has 0 saturated heterocycles. The van der Waals surface area contributed by atoms with Gasteiger partial charge in [0.2, 0.25) is 0 Å². The molecule has 0 aliphatic carbocycles. The Morgan fingerprint density at radius 1 is 1.12 bits per heavy atom.